The van der Waals surface area contributed by atoms with Crippen LogP contribution in [0.15, 0.2) is 5.51 Å². The molecular weight excluding hydrogens is 234 g/mol. The first kappa shape index (κ1) is 13.0. The van der Waals surface area contributed by atoms with Crippen LogP contribution in [0, 0.1) is 12.8 Å². The minimum absolute atomic E-state index is 0.286. The van der Waals surface area contributed by atoms with Crippen LogP contribution in [0.3, 0.4) is 0 Å². The van der Waals surface area contributed by atoms with E-state index < -0.39 is 0 Å². The van der Waals surface area contributed by atoms with Gasteiger partial charge in [-0.15, -0.1) is 11.3 Å². The van der Waals surface area contributed by atoms with Crippen molar-refractivity contribution in [1.82, 2.24) is 9.88 Å². The number of hydrogen-bond donors (Lipinski definition) is 1. The molecule has 1 saturated heterocycles. The third kappa shape index (κ3) is 3.48. The third-order valence-corrected chi connectivity index (χ3v) is 4.26. The molecule has 0 bridgehead atoms. The van der Waals surface area contributed by atoms with E-state index in [1.807, 2.05) is 5.51 Å². The summed E-state index contributed by atoms with van der Waals surface area (Å²) in [6.45, 7) is 5.63. The molecule has 0 aliphatic carbocycles. The maximum absolute atomic E-state index is 6.11. The van der Waals surface area contributed by atoms with Gasteiger partial charge in [-0.05, 0) is 20.4 Å². The lowest BCUT2D eigenvalue weighted by atomic mass is 9.96. The average Bonchev–Trinajstić information content (AvgIpc) is 2.68. The summed E-state index contributed by atoms with van der Waals surface area (Å²) in [6.07, 6.45) is 0.984. The lowest BCUT2D eigenvalue weighted by molar-refractivity contribution is 0.0286. The van der Waals surface area contributed by atoms with Crippen molar-refractivity contribution in [3.05, 3.63) is 16.1 Å². The summed E-state index contributed by atoms with van der Waals surface area (Å²) in [4.78, 5) is 7.94. The van der Waals surface area contributed by atoms with Crippen LogP contribution in [-0.2, 0) is 11.3 Å². The second kappa shape index (κ2) is 5.91. The Bertz CT molecular complexity index is 355. The van der Waals surface area contributed by atoms with Gasteiger partial charge in [-0.3, -0.25) is 0 Å². The monoisotopic (exact) mass is 255 g/mol. The molecule has 1 fully saturated rings. The Labute approximate surface area is 107 Å². The smallest absolute Gasteiger partial charge is 0.0798 e. The van der Waals surface area contributed by atoms with E-state index in [1.165, 1.54) is 4.88 Å². The quantitative estimate of drug-likeness (QED) is 0.879. The number of aromatic nitrogens is 1. The normalized spacial score (nSPS) is 25.4. The summed E-state index contributed by atoms with van der Waals surface area (Å²) in [5.74, 6) is 0.460. The molecule has 1 aliphatic heterocycles. The molecule has 0 aromatic carbocycles. The predicted octanol–water partition coefficient (Wildman–Crippen LogP) is 1.25. The van der Waals surface area contributed by atoms with E-state index in [1.54, 1.807) is 11.3 Å². The van der Waals surface area contributed by atoms with Crippen molar-refractivity contribution in [2.45, 2.75) is 25.9 Å². The van der Waals surface area contributed by atoms with Crippen LogP contribution in [0.2, 0.25) is 0 Å². The summed E-state index contributed by atoms with van der Waals surface area (Å²) >= 11 is 1.73. The van der Waals surface area contributed by atoms with Gasteiger partial charge in [-0.2, -0.15) is 0 Å². The molecule has 96 valence electrons. The molecule has 1 aromatic heterocycles. The molecular formula is C12H21N3OS. The van der Waals surface area contributed by atoms with E-state index in [0.717, 1.165) is 38.4 Å². The van der Waals surface area contributed by atoms with Gasteiger partial charge in [-0.25, -0.2) is 4.98 Å². The van der Waals surface area contributed by atoms with Crippen molar-refractivity contribution < 1.29 is 4.74 Å². The number of nitrogens with two attached hydrogens (primary N) is 1. The zero-order valence-electron chi connectivity index (χ0n) is 10.6. The fourth-order valence-corrected chi connectivity index (χ4v) is 3.05. The van der Waals surface area contributed by atoms with Gasteiger partial charge >= 0.3 is 0 Å². The Balaban J connectivity index is 1.84. The van der Waals surface area contributed by atoms with Crippen LogP contribution in [0.25, 0.3) is 0 Å². The van der Waals surface area contributed by atoms with Gasteiger partial charge < -0.3 is 15.4 Å². The molecule has 17 heavy (non-hydrogen) atoms. The summed E-state index contributed by atoms with van der Waals surface area (Å²) in [7, 11) is 2.14. The Morgan fingerprint density at radius 2 is 2.47 bits per heavy atom. The Morgan fingerprint density at radius 3 is 3.12 bits per heavy atom. The van der Waals surface area contributed by atoms with Gasteiger partial charge in [-0.1, -0.05) is 0 Å². The van der Waals surface area contributed by atoms with Crippen LogP contribution in [-0.4, -0.2) is 42.7 Å². The van der Waals surface area contributed by atoms with Gasteiger partial charge in [0.15, 0.2) is 0 Å². The summed E-state index contributed by atoms with van der Waals surface area (Å²) in [5, 5.41) is 0. The fourth-order valence-electron chi connectivity index (χ4n) is 2.19. The van der Waals surface area contributed by atoms with E-state index in [9.17, 15) is 0 Å². The van der Waals surface area contributed by atoms with Crippen molar-refractivity contribution in [3.8, 4) is 0 Å². The van der Waals surface area contributed by atoms with Gasteiger partial charge in [0.05, 0.1) is 17.8 Å². The SMILES string of the molecule is Cc1ncsc1CN(C)CC1COCCC1N. The Morgan fingerprint density at radius 1 is 1.65 bits per heavy atom. The van der Waals surface area contributed by atoms with Crippen molar-refractivity contribution >= 4 is 11.3 Å². The van der Waals surface area contributed by atoms with Crippen molar-refractivity contribution in [3.63, 3.8) is 0 Å². The Hall–Kier alpha value is -0.490. The van der Waals surface area contributed by atoms with Crippen molar-refractivity contribution in [2.24, 2.45) is 11.7 Å². The van der Waals surface area contributed by atoms with Gasteiger partial charge in [0.25, 0.3) is 0 Å². The van der Waals surface area contributed by atoms with Crippen LogP contribution in [0.1, 0.15) is 17.0 Å². The Kier molecular flexibility index (Phi) is 4.50. The molecule has 0 amide bonds. The van der Waals surface area contributed by atoms with Crippen LogP contribution >= 0.6 is 11.3 Å². The van der Waals surface area contributed by atoms with E-state index in [-0.39, 0.29) is 6.04 Å². The van der Waals surface area contributed by atoms with E-state index in [0.29, 0.717) is 5.92 Å². The molecule has 2 unspecified atom stereocenters. The lowest BCUT2D eigenvalue weighted by Gasteiger charge is -2.31. The maximum Gasteiger partial charge on any atom is 0.0798 e. The molecule has 2 heterocycles. The highest BCUT2D eigenvalue weighted by Gasteiger charge is 2.23. The number of thiazole rings is 1. The minimum atomic E-state index is 0.286. The van der Waals surface area contributed by atoms with Crippen molar-refractivity contribution in [2.75, 3.05) is 26.8 Å². The molecule has 2 N–H and O–H groups in total. The van der Waals surface area contributed by atoms with Crippen molar-refractivity contribution in [1.29, 1.82) is 0 Å². The summed E-state index contributed by atoms with van der Waals surface area (Å²) in [5.41, 5.74) is 9.17. The molecule has 2 atom stereocenters. The predicted molar refractivity (Wildman–Crippen MR) is 70.1 cm³/mol. The summed E-state index contributed by atoms with van der Waals surface area (Å²) < 4.78 is 5.50. The lowest BCUT2D eigenvalue weighted by Crippen LogP contribution is -2.44. The average molecular weight is 255 g/mol. The van der Waals surface area contributed by atoms with E-state index in [4.69, 9.17) is 10.5 Å². The number of aryl methyl sites for hydroxylation is 1. The third-order valence-electron chi connectivity index (χ3n) is 3.34. The second-order valence-electron chi connectivity index (χ2n) is 4.85. The molecule has 1 aliphatic rings. The zero-order chi connectivity index (χ0) is 12.3. The first-order chi connectivity index (χ1) is 8.16. The largest absolute Gasteiger partial charge is 0.381 e. The van der Waals surface area contributed by atoms with Crippen LogP contribution in [0.4, 0.5) is 0 Å². The molecule has 1 aromatic rings. The first-order valence-corrected chi connectivity index (χ1v) is 6.95. The number of hydrogen-bond acceptors (Lipinski definition) is 5. The van der Waals surface area contributed by atoms with E-state index in [2.05, 4.69) is 23.9 Å². The van der Waals surface area contributed by atoms with Gasteiger partial charge in [0.1, 0.15) is 0 Å². The highest BCUT2D eigenvalue weighted by molar-refractivity contribution is 7.09. The van der Waals surface area contributed by atoms with Crippen LogP contribution in [0.5, 0.6) is 0 Å². The minimum Gasteiger partial charge on any atom is -0.381 e. The highest BCUT2D eigenvalue weighted by Crippen LogP contribution is 2.18. The molecule has 0 radical (unpaired) electrons. The molecule has 2 rings (SSSR count). The highest BCUT2D eigenvalue weighted by atomic mass is 32.1. The number of rotatable bonds is 4. The standard InChI is InChI=1S/C12H21N3OS/c1-9-12(17-8-14-9)6-15(2)5-10-7-16-4-3-11(10)13/h8,10-11H,3-7,13H2,1-2H3. The zero-order valence-corrected chi connectivity index (χ0v) is 11.4. The molecule has 5 heteroatoms. The summed E-state index contributed by atoms with van der Waals surface area (Å²) in [6, 6.07) is 0.286. The van der Waals surface area contributed by atoms with Crippen LogP contribution < -0.4 is 5.73 Å². The van der Waals surface area contributed by atoms with E-state index >= 15 is 0 Å². The first-order valence-electron chi connectivity index (χ1n) is 6.07. The molecule has 4 nitrogen and oxygen atoms in total. The maximum atomic E-state index is 6.11. The second-order valence-corrected chi connectivity index (χ2v) is 5.78. The topological polar surface area (TPSA) is 51.4 Å². The fraction of sp³-hybridized carbons (Fsp3) is 0.750. The molecule has 0 spiro atoms. The molecule has 0 saturated carbocycles. The number of nitrogens with zero attached hydrogens (tertiary/aromatic N) is 2. The van der Waals surface area contributed by atoms with Gasteiger partial charge in [0, 0.05) is 36.5 Å². The van der Waals surface area contributed by atoms with Gasteiger partial charge in [0.2, 0.25) is 0 Å². The number of ether oxygens (including phenoxy) is 1.